The lowest BCUT2D eigenvalue weighted by Crippen LogP contribution is -2.36. The average molecular weight is 340 g/mol. The van der Waals surface area contributed by atoms with E-state index in [1.807, 2.05) is 6.07 Å². The summed E-state index contributed by atoms with van der Waals surface area (Å²) in [5.41, 5.74) is 1.04. The molecule has 9 heteroatoms. The third-order valence-corrected chi connectivity index (χ3v) is 3.40. The molecule has 128 valence electrons. The maximum Gasteiger partial charge on any atom is 0.251 e. The van der Waals surface area contributed by atoms with Crippen molar-refractivity contribution in [3.63, 3.8) is 0 Å². The Kier molecular flexibility index (Phi) is 4.84. The van der Waals surface area contributed by atoms with E-state index in [4.69, 9.17) is 4.74 Å². The van der Waals surface area contributed by atoms with Crippen LogP contribution in [-0.2, 0) is 11.3 Å². The summed E-state index contributed by atoms with van der Waals surface area (Å²) >= 11 is 0. The first kappa shape index (κ1) is 16.4. The molecule has 0 bridgehead atoms. The summed E-state index contributed by atoms with van der Waals surface area (Å²) in [5, 5.41) is 17.4. The number of nitrogens with zero attached hydrogens (tertiary/aromatic N) is 4. The van der Waals surface area contributed by atoms with Gasteiger partial charge in [0.25, 0.3) is 5.91 Å². The molecule has 0 saturated carbocycles. The van der Waals surface area contributed by atoms with Crippen molar-refractivity contribution in [2.24, 2.45) is 0 Å². The molecule has 25 heavy (non-hydrogen) atoms. The number of hydrogen-bond donors (Lipinski definition) is 2. The number of fused-ring (bicyclic) bond motifs is 1. The fourth-order valence-electron chi connectivity index (χ4n) is 2.13. The van der Waals surface area contributed by atoms with Crippen LogP contribution in [-0.4, -0.2) is 45.3 Å². The van der Waals surface area contributed by atoms with Gasteiger partial charge in [0.2, 0.25) is 11.8 Å². The number of ether oxygens (including phenoxy) is 1. The summed E-state index contributed by atoms with van der Waals surface area (Å²) in [7, 11) is 1.51. The van der Waals surface area contributed by atoms with Gasteiger partial charge in [-0.2, -0.15) is 4.52 Å². The number of aromatic nitrogens is 4. The van der Waals surface area contributed by atoms with Crippen LogP contribution >= 0.6 is 0 Å². The number of rotatable bonds is 6. The van der Waals surface area contributed by atoms with Crippen LogP contribution < -0.4 is 15.4 Å². The van der Waals surface area contributed by atoms with Crippen LogP contribution in [0.25, 0.3) is 5.65 Å². The smallest absolute Gasteiger partial charge is 0.251 e. The van der Waals surface area contributed by atoms with Gasteiger partial charge in [-0.1, -0.05) is 18.2 Å². The molecule has 0 spiro atoms. The second-order valence-electron chi connectivity index (χ2n) is 5.09. The first-order valence-corrected chi connectivity index (χ1v) is 7.52. The summed E-state index contributed by atoms with van der Waals surface area (Å²) in [6.07, 6.45) is 0. The Morgan fingerprint density at radius 1 is 1.08 bits per heavy atom. The molecule has 3 rings (SSSR count). The Bertz CT molecular complexity index is 893. The fourth-order valence-corrected chi connectivity index (χ4v) is 2.13. The Hall–Kier alpha value is -3.49. The molecule has 0 atom stereocenters. The van der Waals surface area contributed by atoms with Crippen LogP contribution in [0.2, 0.25) is 0 Å². The molecule has 2 amide bonds. The van der Waals surface area contributed by atoms with E-state index >= 15 is 0 Å². The molecular weight excluding hydrogens is 324 g/mol. The lowest BCUT2D eigenvalue weighted by Gasteiger charge is -2.06. The molecule has 0 saturated heterocycles. The van der Waals surface area contributed by atoms with Crippen molar-refractivity contribution in [3.05, 3.63) is 53.9 Å². The largest absolute Gasteiger partial charge is 0.480 e. The molecule has 0 aliphatic carbocycles. The maximum atomic E-state index is 11.9. The lowest BCUT2D eigenvalue weighted by atomic mass is 10.2. The quantitative estimate of drug-likeness (QED) is 0.662. The number of hydrogen-bond acceptors (Lipinski definition) is 6. The molecule has 1 aromatic carbocycles. The van der Waals surface area contributed by atoms with Crippen LogP contribution in [0.1, 0.15) is 16.2 Å². The highest BCUT2D eigenvalue weighted by Gasteiger charge is 2.11. The summed E-state index contributed by atoms with van der Waals surface area (Å²) < 4.78 is 6.54. The van der Waals surface area contributed by atoms with Crippen molar-refractivity contribution in [3.8, 4) is 5.88 Å². The highest BCUT2D eigenvalue weighted by molar-refractivity contribution is 5.96. The van der Waals surface area contributed by atoms with Gasteiger partial charge in [-0.25, -0.2) is 0 Å². The molecule has 2 aromatic heterocycles. The van der Waals surface area contributed by atoms with Gasteiger partial charge in [-0.05, 0) is 18.2 Å². The average Bonchev–Trinajstić information content (AvgIpc) is 3.07. The van der Waals surface area contributed by atoms with Gasteiger partial charge in [0.15, 0.2) is 11.5 Å². The van der Waals surface area contributed by atoms with Crippen LogP contribution in [0.15, 0.2) is 42.5 Å². The summed E-state index contributed by atoms with van der Waals surface area (Å²) in [4.78, 5) is 23.8. The van der Waals surface area contributed by atoms with Gasteiger partial charge in [0.1, 0.15) is 0 Å². The minimum Gasteiger partial charge on any atom is -0.480 e. The van der Waals surface area contributed by atoms with Gasteiger partial charge in [0.05, 0.1) is 20.2 Å². The zero-order chi connectivity index (χ0) is 17.6. The van der Waals surface area contributed by atoms with E-state index in [9.17, 15) is 9.59 Å². The highest BCUT2D eigenvalue weighted by Crippen LogP contribution is 2.08. The topological polar surface area (TPSA) is 111 Å². The number of nitrogens with one attached hydrogen (secondary N) is 2. The Balaban J connectivity index is 1.55. The first-order chi connectivity index (χ1) is 12.2. The van der Waals surface area contributed by atoms with Gasteiger partial charge in [0, 0.05) is 11.6 Å². The standard InChI is InChI=1S/C16H16N6O3/c1-25-15-8-7-12-19-20-13(22(12)21-15)9-17-14(23)10-18-16(24)11-5-3-2-4-6-11/h2-8H,9-10H2,1H3,(H,17,23)(H,18,24). The lowest BCUT2D eigenvalue weighted by molar-refractivity contribution is -0.120. The minimum atomic E-state index is -0.344. The van der Waals surface area contributed by atoms with E-state index in [0.29, 0.717) is 22.9 Å². The number of carbonyl (C=O) groups is 2. The van der Waals surface area contributed by atoms with Crippen molar-refractivity contribution >= 4 is 17.5 Å². The molecule has 0 radical (unpaired) electrons. The van der Waals surface area contributed by atoms with Gasteiger partial charge >= 0.3 is 0 Å². The van der Waals surface area contributed by atoms with Crippen LogP contribution in [0.4, 0.5) is 0 Å². The second-order valence-corrected chi connectivity index (χ2v) is 5.09. The Morgan fingerprint density at radius 2 is 1.88 bits per heavy atom. The molecule has 0 fully saturated rings. The highest BCUT2D eigenvalue weighted by atomic mass is 16.5. The molecular formula is C16H16N6O3. The van der Waals surface area contributed by atoms with Crippen molar-refractivity contribution in [2.75, 3.05) is 13.7 Å². The first-order valence-electron chi connectivity index (χ1n) is 7.52. The number of methoxy groups -OCH3 is 1. The van der Waals surface area contributed by atoms with Crippen LogP contribution in [0.5, 0.6) is 5.88 Å². The molecule has 3 aromatic rings. The van der Waals surface area contributed by atoms with E-state index in [1.165, 1.54) is 11.6 Å². The molecule has 2 heterocycles. The summed E-state index contributed by atoms with van der Waals surface area (Å²) in [6, 6.07) is 12.1. The zero-order valence-electron chi connectivity index (χ0n) is 13.5. The van der Waals surface area contributed by atoms with E-state index < -0.39 is 0 Å². The zero-order valence-corrected chi connectivity index (χ0v) is 13.5. The molecule has 9 nitrogen and oxygen atoms in total. The SMILES string of the molecule is COc1ccc2nnc(CNC(=O)CNC(=O)c3ccccc3)n2n1. The third kappa shape index (κ3) is 3.89. The van der Waals surface area contributed by atoms with Crippen LogP contribution in [0, 0.1) is 0 Å². The van der Waals surface area contributed by atoms with Crippen molar-refractivity contribution < 1.29 is 14.3 Å². The van der Waals surface area contributed by atoms with Gasteiger partial charge in [-0.3, -0.25) is 9.59 Å². The number of amides is 2. The van der Waals surface area contributed by atoms with E-state index in [0.717, 1.165) is 0 Å². The number of benzene rings is 1. The monoisotopic (exact) mass is 340 g/mol. The normalized spacial score (nSPS) is 10.4. The Morgan fingerprint density at radius 3 is 2.64 bits per heavy atom. The molecule has 0 aliphatic heterocycles. The molecule has 2 N–H and O–H groups in total. The second kappa shape index (κ2) is 7.39. The van der Waals surface area contributed by atoms with E-state index in [2.05, 4.69) is 25.9 Å². The van der Waals surface area contributed by atoms with Gasteiger partial charge < -0.3 is 15.4 Å². The van der Waals surface area contributed by atoms with Crippen LogP contribution in [0.3, 0.4) is 0 Å². The fraction of sp³-hybridized carbons (Fsp3) is 0.188. The maximum absolute atomic E-state index is 11.9. The van der Waals surface area contributed by atoms with Crippen molar-refractivity contribution in [2.45, 2.75) is 6.54 Å². The third-order valence-electron chi connectivity index (χ3n) is 3.40. The predicted octanol–water partition coefficient (Wildman–Crippen LogP) is 0.179. The van der Waals surface area contributed by atoms with E-state index in [-0.39, 0.29) is 24.9 Å². The Labute approximate surface area is 143 Å². The minimum absolute atomic E-state index is 0.126. The molecule has 0 unspecified atom stereocenters. The van der Waals surface area contributed by atoms with Gasteiger partial charge in [-0.15, -0.1) is 15.3 Å². The summed E-state index contributed by atoms with van der Waals surface area (Å²) in [6.45, 7) is -0.0113. The predicted molar refractivity (Wildman–Crippen MR) is 88.0 cm³/mol. The number of carbonyl (C=O) groups excluding carboxylic acids is 2. The van der Waals surface area contributed by atoms with E-state index in [1.54, 1.807) is 36.4 Å². The summed E-state index contributed by atoms with van der Waals surface area (Å²) in [5.74, 6) is 0.214. The van der Waals surface area contributed by atoms with Crippen molar-refractivity contribution in [1.82, 2.24) is 30.4 Å². The van der Waals surface area contributed by atoms with Crippen molar-refractivity contribution in [1.29, 1.82) is 0 Å². The molecule has 0 aliphatic rings.